The molecule has 1 atom stereocenters. The van der Waals surface area contributed by atoms with Gasteiger partial charge in [0, 0.05) is 17.4 Å². The third kappa shape index (κ3) is 3.79. The summed E-state index contributed by atoms with van der Waals surface area (Å²) in [5, 5.41) is 29.0. The molecule has 1 unspecified atom stereocenters. The highest BCUT2D eigenvalue weighted by Gasteiger charge is 2.41. The first-order valence-electron chi connectivity index (χ1n) is 12.9. The lowest BCUT2D eigenvalue weighted by Gasteiger charge is -2.40. The monoisotopic (exact) mass is 527 g/mol. The number of aromatic nitrogens is 3. The van der Waals surface area contributed by atoms with Gasteiger partial charge in [-0.2, -0.15) is 9.78 Å². The lowest BCUT2D eigenvalue weighted by atomic mass is 9.93. The molecule has 0 fully saturated rings. The van der Waals surface area contributed by atoms with Crippen LogP contribution < -0.4 is 10.2 Å². The fourth-order valence-electron chi connectivity index (χ4n) is 5.24. The number of benzene rings is 3. The zero-order valence-corrected chi connectivity index (χ0v) is 21.8. The third-order valence-electron chi connectivity index (χ3n) is 7.13. The number of phenols is 2. The highest BCUT2D eigenvalue weighted by atomic mass is 16.3. The van der Waals surface area contributed by atoms with E-state index in [9.17, 15) is 10.2 Å². The van der Waals surface area contributed by atoms with E-state index in [0.717, 1.165) is 39.4 Å². The summed E-state index contributed by atoms with van der Waals surface area (Å²) in [6, 6.07) is 26.1. The Morgan fingerprint density at radius 3 is 2.40 bits per heavy atom. The van der Waals surface area contributed by atoms with Crippen molar-refractivity contribution in [2.45, 2.75) is 19.9 Å². The Balaban J connectivity index is 1.50. The molecule has 2 aliphatic heterocycles. The van der Waals surface area contributed by atoms with E-state index in [-0.39, 0.29) is 11.5 Å². The average molecular weight is 528 g/mol. The zero-order valence-electron chi connectivity index (χ0n) is 21.8. The number of para-hydroxylation sites is 2. The molecule has 2 aliphatic rings. The average Bonchev–Trinajstić information content (AvgIpc) is 3.31. The largest absolute Gasteiger partial charge is 0.504 e. The minimum Gasteiger partial charge on any atom is -0.504 e. The molecular weight excluding hydrogens is 502 g/mol. The van der Waals surface area contributed by atoms with Gasteiger partial charge in [0.2, 0.25) is 0 Å². The Morgan fingerprint density at radius 2 is 1.62 bits per heavy atom. The van der Waals surface area contributed by atoms with E-state index < -0.39 is 6.04 Å². The minimum atomic E-state index is -0.432. The second kappa shape index (κ2) is 9.09. The quantitative estimate of drug-likeness (QED) is 0.245. The number of rotatable bonds is 3. The number of phenolic OH excluding ortho intramolecular Hbond substituents is 2. The van der Waals surface area contributed by atoms with Gasteiger partial charge in [0.15, 0.2) is 34.8 Å². The summed E-state index contributed by atoms with van der Waals surface area (Å²) in [5.41, 5.74) is 6.08. The van der Waals surface area contributed by atoms with Crippen LogP contribution in [0.3, 0.4) is 0 Å². The first-order chi connectivity index (χ1) is 19.5. The Hall–Kier alpha value is -5.44. The number of nitrogens with zero attached hydrogens (tertiary/aromatic N) is 6. The third-order valence-corrected chi connectivity index (χ3v) is 7.13. The maximum atomic E-state index is 10.5. The van der Waals surface area contributed by atoms with Crippen molar-refractivity contribution in [3.63, 3.8) is 0 Å². The number of pyridine rings is 1. The van der Waals surface area contributed by atoms with Crippen LogP contribution in [0.15, 0.2) is 101 Å². The van der Waals surface area contributed by atoms with Crippen molar-refractivity contribution in [1.29, 1.82) is 0 Å². The second-order valence-electron chi connectivity index (χ2n) is 9.82. The Bertz CT molecular complexity index is 1830. The topological polar surface area (TPSA) is 111 Å². The molecule has 0 saturated heterocycles. The van der Waals surface area contributed by atoms with Gasteiger partial charge in [0.05, 0.1) is 23.1 Å². The van der Waals surface area contributed by atoms with Gasteiger partial charge in [-0.25, -0.2) is 15.0 Å². The number of hydrogen-bond acceptors (Lipinski definition) is 8. The fraction of sp³-hybridized carbons (Fsp3) is 0.0968. The van der Waals surface area contributed by atoms with E-state index in [2.05, 4.69) is 15.2 Å². The molecule has 0 bridgehead atoms. The van der Waals surface area contributed by atoms with Gasteiger partial charge >= 0.3 is 0 Å². The van der Waals surface area contributed by atoms with Crippen LogP contribution in [0, 0.1) is 13.8 Å². The molecule has 196 valence electrons. The van der Waals surface area contributed by atoms with Gasteiger partial charge in [0.25, 0.3) is 0 Å². The van der Waals surface area contributed by atoms with Crippen LogP contribution in [0.5, 0.6) is 11.5 Å². The van der Waals surface area contributed by atoms with E-state index >= 15 is 0 Å². The minimum absolute atomic E-state index is 0.183. The summed E-state index contributed by atoms with van der Waals surface area (Å²) in [7, 11) is 0. The fourth-order valence-corrected chi connectivity index (χ4v) is 5.24. The summed E-state index contributed by atoms with van der Waals surface area (Å²) in [4.78, 5) is 16.8. The van der Waals surface area contributed by atoms with Crippen molar-refractivity contribution in [1.82, 2.24) is 14.8 Å². The number of nitrogens with one attached hydrogen (secondary N) is 1. The first kappa shape index (κ1) is 23.7. The van der Waals surface area contributed by atoms with E-state index in [4.69, 9.17) is 15.1 Å². The molecule has 3 N–H and O–H groups in total. The van der Waals surface area contributed by atoms with Crippen molar-refractivity contribution in [3.05, 3.63) is 114 Å². The second-order valence-corrected chi connectivity index (χ2v) is 9.82. The lowest BCUT2D eigenvalue weighted by Crippen LogP contribution is -2.46. The molecule has 2 aromatic heterocycles. The van der Waals surface area contributed by atoms with E-state index in [0.29, 0.717) is 23.3 Å². The number of aryl methyl sites for hydroxylation is 2. The normalized spacial score (nSPS) is 15.4. The molecule has 0 saturated carbocycles. The van der Waals surface area contributed by atoms with Crippen LogP contribution in [-0.4, -0.2) is 36.6 Å². The van der Waals surface area contributed by atoms with E-state index in [1.807, 2.05) is 86.6 Å². The molecule has 9 heteroatoms. The van der Waals surface area contributed by atoms with Crippen molar-refractivity contribution >= 4 is 34.6 Å². The van der Waals surface area contributed by atoms with E-state index in [1.165, 1.54) is 6.07 Å². The summed E-state index contributed by atoms with van der Waals surface area (Å²) >= 11 is 0. The van der Waals surface area contributed by atoms with Crippen LogP contribution in [0.25, 0.3) is 5.82 Å². The number of aliphatic imine (C=N–C) groups is 2. The number of amidine groups is 2. The Labute approximate surface area is 230 Å². The van der Waals surface area contributed by atoms with Crippen LogP contribution >= 0.6 is 0 Å². The highest BCUT2D eigenvalue weighted by molar-refractivity contribution is 6.51. The number of hydrogen-bond donors (Lipinski definition) is 3. The van der Waals surface area contributed by atoms with Crippen molar-refractivity contribution in [2.24, 2.45) is 9.98 Å². The van der Waals surface area contributed by atoms with E-state index in [1.54, 1.807) is 16.9 Å². The maximum Gasteiger partial charge on any atom is 0.179 e. The summed E-state index contributed by atoms with van der Waals surface area (Å²) in [6.07, 6.45) is 1.72. The molecule has 7 rings (SSSR count). The molecule has 0 radical (unpaired) electrons. The van der Waals surface area contributed by atoms with Crippen molar-refractivity contribution in [2.75, 3.05) is 10.2 Å². The first-order valence-corrected chi connectivity index (χ1v) is 12.9. The molecule has 5 aromatic rings. The number of fused-ring (bicyclic) bond motifs is 4. The number of aromatic hydroxyl groups is 2. The molecule has 9 nitrogen and oxygen atoms in total. The molecule has 0 amide bonds. The van der Waals surface area contributed by atoms with Crippen LogP contribution in [0.1, 0.15) is 28.4 Å². The van der Waals surface area contributed by atoms with Gasteiger partial charge in [-0.3, -0.25) is 0 Å². The van der Waals surface area contributed by atoms with Gasteiger partial charge in [-0.15, -0.1) is 0 Å². The standard InChI is InChI=1S/C31H25N7O2/c1-18-10-13-21(14-11-18)33-29-31-35-30-27(19(2)36-38(30)26-9-5-6-16-32-26)28(20-12-15-24(39)25(40)17-20)37(31)23-8-4-3-7-22(23)34-29/h3-17,28,39-40H,1-2H3,(H,33,34). The predicted octanol–water partition coefficient (Wildman–Crippen LogP) is 6.09. The van der Waals surface area contributed by atoms with Crippen molar-refractivity contribution < 1.29 is 10.2 Å². The maximum absolute atomic E-state index is 10.5. The highest BCUT2D eigenvalue weighted by Crippen LogP contribution is 2.49. The number of anilines is 2. The Morgan fingerprint density at radius 1 is 0.825 bits per heavy atom. The summed E-state index contributed by atoms with van der Waals surface area (Å²) < 4.78 is 1.74. The molecule has 0 spiro atoms. The van der Waals surface area contributed by atoms with Crippen LogP contribution in [0.4, 0.5) is 22.9 Å². The lowest BCUT2D eigenvalue weighted by molar-refractivity contribution is 0.403. The van der Waals surface area contributed by atoms with Gasteiger partial charge in [-0.1, -0.05) is 42.0 Å². The molecule has 4 heterocycles. The predicted molar refractivity (Wildman–Crippen MR) is 156 cm³/mol. The SMILES string of the molecule is Cc1ccc(NC2=Nc3ccccc3N3C2=Nc2c(c(C)nn2-c2ccccn2)C3c2ccc(O)c(O)c2)cc1. The zero-order chi connectivity index (χ0) is 27.4. The molecule has 0 aliphatic carbocycles. The van der Waals surface area contributed by atoms with Crippen LogP contribution in [-0.2, 0) is 0 Å². The van der Waals surface area contributed by atoms with Crippen LogP contribution in [0.2, 0.25) is 0 Å². The summed E-state index contributed by atoms with van der Waals surface area (Å²) in [5.74, 6) is 2.05. The summed E-state index contributed by atoms with van der Waals surface area (Å²) in [6.45, 7) is 3.99. The molecule has 40 heavy (non-hydrogen) atoms. The smallest absolute Gasteiger partial charge is 0.179 e. The molecular formula is C31H25N7O2. The van der Waals surface area contributed by atoms with Crippen molar-refractivity contribution in [3.8, 4) is 17.3 Å². The van der Waals surface area contributed by atoms with Gasteiger partial charge in [-0.05, 0) is 67.9 Å². The molecule has 3 aromatic carbocycles. The van der Waals surface area contributed by atoms with Gasteiger partial charge < -0.3 is 20.4 Å². The van der Waals surface area contributed by atoms with Gasteiger partial charge in [0.1, 0.15) is 0 Å². The Kier molecular flexibility index (Phi) is 5.38.